The molecule has 1 aliphatic rings. The van der Waals surface area contributed by atoms with Gasteiger partial charge in [-0.25, -0.2) is 8.78 Å². The summed E-state index contributed by atoms with van der Waals surface area (Å²) < 4.78 is 33.6. The second-order valence-corrected chi connectivity index (χ2v) is 6.15. The number of ether oxygens (including phenoxy) is 1. The Labute approximate surface area is 140 Å². The van der Waals surface area contributed by atoms with Gasteiger partial charge in [-0.15, -0.1) is 0 Å². The molecule has 24 heavy (non-hydrogen) atoms. The van der Waals surface area contributed by atoms with Crippen LogP contribution in [-0.2, 0) is 14.3 Å². The second kappa shape index (κ2) is 7.70. The van der Waals surface area contributed by atoms with Crippen molar-refractivity contribution in [3.05, 3.63) is 35.4 Å². The Kier molecular flexibility index (Phi) is 5.88. The number of morpholine rings is 1. The number of carbonyl (C=O) groups excluding carboxylic acids is 2. The van der Waals surface area contributed by atoms with Crippen LogP contribution in [0.25, 0.3) is 0 Å². The van der Waals surface area contributed by atoms with Gasteiger partial charge in [0.2, 0.25) is 11.8 Å². The normalized spacial score (nSPS) is 22.1. The maximum Gasteiger partial charge on any atom is 0.225 e. The van der Waals surface area contributed by atoms with Crippen molar-refractivity contribution in [3.8, 4) is 0 Å². The van der Waals surface area contributed by atoms with Crippen LogP contribution >= 0.6 is 0 Å². The quantitative estimate of drug-likeness (QED) is 0.914. The molecule has 1 N–H and O–H groups in total. The molecule has 1 unspecified atom stereocenters. The maximum atomic E-state index is 14.0. The molecule has 0 aliphatic carbocycles. The van der Waals surface area contributed by atoms with Crippen molar-refractivity contribution in [1.82, 2.24) is 10.2 Å². The molecule has 1 fully saturated rings. The molecule has 1 saturated heterocycles. The Balaban J connectivity index is 2.20. The van der Waals surface area contributed by atoms with Gasteiger partial charge in [0, 0.05) is 25.6 Å². The molecule has 7 heteroatoms. The van der Waals surface area contributed by atoms with E-state index in [1.807, 2.05) is 13.8 Å². The van der Waals surface area contributed by atoms with Crippen LogP contribution in [0.5, 0.6) is 0 Å². The summed E-state index contributed by atoms with van der Waals surface area (Å²) in [4.78, 5) is 25.6. The van der Waals surface area contributed by atoms with E-state index < -0.39 is 23.6 Å². The third kappa shape index (κ3) is 4.50. The number of carbonyl (C=O) groups is 2. The molecule has 1 heterocycles. The van der Waals surface area contributed by atoms with Crippen molar-refractivity contribution in [2.24, 2.45) is 0 Å². The van der Waals surface area contributed by atoms with Crippen molar-refractivity contribution in [2.45, 2.75) is 45.4 Å². The van der Waals surface area contributed by atoms with E-state index in [4.69, 9.17) is 4.74 Å². The van der Waals surface area contributed by atoms with Crippen LogP contribution < -0.4 is 5.32 Å². The Morgan fingerprint density at radius 3 is 2.29 bits per heavy atom. The fourth-order valence-electron chi connectivity index (χ4n) is 3.00. The lowest BCUT2D eigenvalue weighted by molar-refractivity contribution is -0.143. The summed E-state index contributed by atoms with van der Waals surface area (Å²) in [6.07, 6.45) is -0.430. The first kappa shape index (κ1) is 18.3. The predicted molar refractivity (Wildman–Crippen MR) is 84.1 cm³/mol. The number of benzene rings is 1. The zero-order valence-corrected chi connectivity index (χ0v) is 14.0. The largest absolute Gasteiger partial charge is 0.372 e. The van der Waals surface area contributed by atoms with E-state index in [9.17, 15) is 18.4 Å². The smallest absolute Gasteiger partial charge is 0.225 e. The SMILES string of the molecule is CC(=O)NC(CC(=O)N1C[C@@H](C)O[C@H](C)C1)c1c(F)cccc1F. The minimum Gasteiger partial charge on any atom is -0.372 e. The number of halogens is 2. The van der Waals surface area contributed by atoms with Crippen LogP contribution in [0.3, 0.4) is 0 Å². The predicted octanol–water partition coefficient (Wildman–Crippen LogP) is 2.17. The van der Waals surface area contributed by atoms with Gasteiger partial charge >= 0.3 is 0 Å². The zero-order chi connectivity index (χ0) is 17.9. The molecule has 0 aromatic heterocycles. The first-order valence-corrected chi connectivity index (χ1v) is 7.92. The zero-order valence-electron chi connectivity index (χ0n) is 14.0. The highest BCUT2D eigenvalue weighted by Gasteiger charge is 2.30. The van der Waals surface area contributed by atoms with E-state index >= 15 is 0 Å². The van der Waals surface area contributed by atoms with Gasteiger partial charge in [0.1, 0.15) is 11.6 Å². The van der Waals surface area contributed by atoms with Gasteiger partial charge in [-0.05, 0) is 26.0 Å². The third-order valence-corrected chi connectivity index (χ3v) is 3.88. The van der Waals surface area contributed by atoms with Crippen molar-refractivity contribution in [3.63, 3.8) is 0 Å². The molecular formula is C17H22F2N2O3. The second-order valence-electron chi connectivity index (χ2n) is 6.15. The van der Waals surface area contributed by atoms with Gasteiger partial charge in [-0.3, -0.25) is 9.59 Å². The van der Waals surface area contributed by atoms with Crippen molar-refractivity contribution < 1.29 is 23.1 Å². The van der Waals surface area contributed by atoms with Crippen LogP contribution in [0, 0.1) is 11.6 Å². The van der Waals surface area contributed by atoms with Crippen LogP contribution in [0.2, 0.25) is 0 Å². The average Bonchev–Trinajstić information content (AvgIpc) is 2.45. The molecule has 1 aliphatic heterocycles. The number of rotatable bonds is 4. The summed E-state index contributed by atoms with van der Waals surface area (Å²) in [5.41, 5.74) is -0.296. The summed E-state index contributed by atoms with van der Waals surface area (Å²) in [6.45, 7) is 5.79. The van der Waals surface area contributed by atoms with Gasteiger partial charge < -0.3 is 15.0 Å². The lowest BCUT2D eigenvalue weighted by atomic mass is 10.0. The monoisotopic (exact) mass is 340 g/mol. The molecule has 0 saturated carbocycles. The van der Waals surface area contributed by atoms with Crippen molar-refractivity contribution in [2.75, 3.05) is 13.1 Å². The van der Waals surface area contributed by atoms with Gasteiger partial charge in [0.15, 0.2) is 0 Å². The van der Waals surface area contributed by atoms with E-state index in [0.29, 0.717) is 13.1 Å². The van der Waals surface area contributed by atoms with E-state index in [2.05, 4.69) is 5.32 Å². The van der Waals surface area contributed by atoms with Crippen LogP contribution in [0.15, 0.2) is 18.2 Å². The summed E-state index contributed by atoms with van der Waals surface area (Å²) in [5.74, 6) is -2.31. The molecule has 0 bridgehead atoms. The Morgan fingerprint density at radius 2 is 1.79 bits per heavy atom. The molecule has 1 aromatic rings. The Hall–Kier alpha value is -2.02. The lowest BCUT2D eigenvalue weighted by Gasteiger charge is -2.36. The van der Waals surface area contributed by atoms with Crippen LogP contribution in [-0.4, -0.2) is 42.0 Å². The molecule has 2 amide bonds. The highest BCUT2D eigenvalue weighted by molar-refractivity contribution is 5.79. The molecule has 5 nitrogen and oxygen atoms in total. The topological polar surface area (TPSA) is 58.6 Å². The number of nitrogens with one attached hydrogen (secondary N) is 1. The fourth-order valence-corrected chi connectivity index (χ4v) is 3.00. The van der Waals surface area contributed by atoms with Gasteiger partial charge in [-0.1, -0.05) is 6.07 Å². The summed E-state index contributed by atoms with van der Waals surface area (Å²) in [6, 6.07) is 2.41. The van der Waals surface area contributed by atoms with Gasteiger partial charge in [0.05, 0.1) is 24.7 Å². The number of nitrogens with zero attached hydrogens (tertiary/aromatic N) is 1. The van der Waals surface area contributed by atoms with Crippen LogP contribution in [0.4, 0.5) is 8.78 Å². The van der Waals surface area contributed by atoms with Crippen molar-refractivity contribution >= 4 is 11.8 Å². The number of hydrogen-bond donors (Lipinski definition) is 1. The van der Waals surface area contributed by atoms with E-state index in [0.717, 1.165) is 12.1 Å². The van der Waals surface area contributed by atoms with E-state index in [1.165, 1.54) is 13.0 Å². The van der Waals surface area contributed by atoms with Crippen molar-refractivity contribution in [1.29, 1.82) is 0 Å². The summed E-state index contributed by atoms with van der Waals surface area (Å²) in [5, 5.41) is 2.47. The lowest BCUT2D eigenvalue weighted by Crippen LogP contribution is -2.49. The molecule has 1 aromatic carbocycles. The number of amides is 2. The maximum absolute atomic E-state index is 14.0. The Morgan fingerprint density at radius 1 is 1.25 bits per heavy atom. The molecule has 0 spiro atoms. The minimum atomic E-state index is -1.05. The van der Waals surface area contributed by atoms with Crippen LogP contribution in [0.1, 0.15) is 38.8 Å². The molecular weight excluding hydrogens is 318 g/mol. The Bertz CT molecular complexity index is 594. The minimum absolute atomic E-state index is 0.109. The highest BCUT2D eigenvalue weighted by Crippen LogP contribution is 2.25. The summed E-state index contributed by atoms with van der Waals surface area (Å²) >= 11 is 0. The first-order chi connectivity index (χ1) is 11.3. The highest BCUT2D eigenvalue weighted by atomic mass is 19.1. The summed E-state index contributed by atoms with van der Waals surface area (Å²) in [7, 11) is 0. The first-order valence-electron chi connectivity index (χ1n) is 7.92. The average molecular weight is 340 g/mol. The molecule has 0 radical (unpaired) electrons. The van der Waals surface area contributed by atoms with Gasteiger partial charge in [-0.2, -0.15) is 0 Å². The van der Waals surface area contributed by atoms with E-state index in [-0.39, 0.29) is 30.1 Å². The molecule has 132 valence electrons. The third-order valence-electron chi connectivity index (χ3n) is 3.88. The molecule has 2 rings (SSSR count). The number of hydrogen-bond acceptors (Lipinski definition) is 3. The van der Waals surface area contributed by atoms with Gasteiger partial charge in [0.25, 0.3) is 0 Å². The molecule has 3 atom stereocenters. The fraction of sp³-hybridized carbons (Fsp3) is 0.529. The standard InChI is InChI=1S/C17H22F2N2O3/c1-10-8-21(9-11(2)24-10)16(23)7-15(20-12(3)22)17-13(18)5-4-6-14(17)19/h4-6,10-11,15H,7-9H2,1-3H3,(H,20,22)/t10-,11-,15?/m1/s1. The van der Waals surface area contributed by atoms with E-state index in [1.54, 1.807) is 4.90 Å².